The summed E-state index contributed by atoms with van der Waals surface area (Å²) in [6.45, 7) is 2.09. The maximum atomic E-state index is 10.4. The number of rotatable bonds is 2. The van der Waals surface area contributed by atoms with E-state index in [1.807, 2.05) is 6.07 Å². The number of aldehydes is 1. The first-order chi connectivity index (χ1) is 6.40. The molecule has 3 nitrogen and oxygen atoms in total. The molecule has 0 saturated carbocycles. The van der Waals surface area contributed by atoms with Gasteiger partial charge in [-0.25, -0.2) is 0 Å². The molecule has 13 heavy (non-hydrogen) atoms. The van der Waals surface area contributed by atoms with Crippen molar-refractivity contribution in [2.75, 3.05) is 13.1 Å². The highest BCUT2D eigenvalue weighted by atomic mass is 16.3. The summed E-state index contributed by atoms with van der Waals surface area (Å²) in [6.07, 6.45) is 2.96. The molecule has 1 N–H and O–H groups in total. The average Bonchev–Trinajstić information content (AvgIpc) is 2.67. The summed E-state index contributed by atoms with van der Waals surface area (Å²) in [6, 6.07) is 3.66. The van der Waals surface area contributed by atoms with Crippen molar-refractivity contribution in [2.24, 2.45) is 0 Å². The summed E-state index contributed by atoms with van der Waals surface area (Å²) in [5.41, 5.74) is 0. The molecule has 1 aliphatic heterocycles. The van der Waals surface area contributed by atoms with Crippen LogP contribution in [0, 0.1) is 0 Å². The molecular weight excluding hydrogens is 166 g/mol. The third-order valence-corrected chi connectivity index (χ3v) is 2.51. The monoisotopic (exact) mass is 179 g/mol. The third-order valence-electron chi connectivity index (χ3n) is 2.51. The number of carbonyl (C=O) groups excluding carboxylic acids is 1. The Balaban J connectivity index is 2.09. The van der Waals surface area contributed by atoms with Gasteiger partial charge in [0.1, 0.15) is 5.76 Å². The summed E-state index contributed by atoms with van der Waals surface area (Å²) in [4.78, 5) is 10.4. The second-order valence-electron chi connectivity index (χ2n) is 3.38. The zero-order chi connectivity index (χ0) is 9.10. The summed E-state index contributed by atoms with van der Waals surface area (Å²) in [5, 5.41) is 3.29. The molecule has 0 atom stereocenters. The van der Waals surface area contributed by atoms with Crippen LogP contribution in [0.4, 0.5) is 0 Å². The van der Waals surface area contributed by atoms with Gasteiger partial charge in [0.15, 0.2) is 12.0 Å². The molecule has 1 aliphatic rings. The number of furan rings is 1. The van der Waals surface area contributed by atoms with Gasteiger partial charge in [0.2, 0.25) is 0 Å². The first-order valence-electron chi connectivity index (χ1n) is 4.66. The molecule has 0 aromatic carbocycles. The molecule has 0 amide bonds. The van der Waals surface area contributed by atoms with E-state index in [1.54, 1.807) is 6.07 Å². The van der Waals surface area contributed by atoms with Crippen LogP contribution in [0.1, 0.15) is 35.1 Å². The molecule has 0 aliphatic carbocycles. The van der Waals surface area contributed by atoms with Gasteiger partial charge in [0.25, 0.3) is 0 Å². The van der Waals surface area contributed by atoms with Gasteiger partial charge in [-0.2, -0.15) is 0 Å². The molecule has 0 bridgehead atoms. The fourth-order valence-corrected chi connectivity index (χ4v) is 1.76. The first-order valence-corrected chi connectivity index (χ1v) is 4.66. The summed E-state index contributed by atoms with van der Waals surface area (Å²) < 4.78 is 5.38. The molecule has 2 rings (SSSR count). The predicted octanol–water partition coefficient (Wildman–Crippen LogP) is 1.56. The van der Waals surface area contributed by atoms with E-state index in [0.717, 1.165) is 38.0 Å². The largest absolute Gasteiger partial charge is 0.458 e. The molecule has 1 fully saturated rings. The van der Waals surface area contributed by atoms with Crippen molar-refractivity contribution in [1.29, 1.82) is 0 Å². The van der Waals surface area contributed by atoms with Crippen LogP contribution in [0.15, 0.2) is 16.5 Å². The van der Waals surface area contributed by atoms with Crippen molar-refractivity contribution < 1.29 is 9.21 Å². The highest BCUT2D eigenvalue weighted by Gasteiger charge is 2.18. The van der Waals surface area contributed by atoms with Gasteiger partial charge in [0, 0.05) is 5.92 Å². The Morgan fingerprint density at radius 1 is 1.38 bits per heavy atom. The van der Waals surface area contributed by atoms with Crippen molar-refractivity contribution in [3.05, 3.63) is 23.7 Å². The van der Waals surface area contributed by atoms with Crippen molar-refractivity contribution in [3.8, 4) is 0 Å². The third kappa shape index (κ3) is 1.80. The van der Waals surface area contributed by atoms with Crippen LogP contribution >= 0.6 is 0 Å². The van der Waals surface area contributed by atoms with E-state index < -0.39 is 0 Å². The molecule has 1 aromatic heterocycles. The van der Waals surface area contributed by atoms with Crippen LogP contribution in [0.5, 0.6) is 0 Å². The molecule has 0 spiro atoms. The first kappa shape index (κ1) is 8.51. The Hall–Kier alpha value is -1.09. The predicted molar refractivity (Wildman–Crippen MR) is 48.9 cm³/mol. The molecule has 2 heterocycles. The lowest BCUT2D eigenvalue weighted by molar-refractivity contribution is 0.109. The second-order valence-corrected chi connectivity index (χ2v) is 3.38. The Labute approximate surface area is 77.1 Å². The van der Waals surface area contributed by atoms with Crippen molar-refractivity contribution in [2.45, 2.75) is 18.8 Å². The number of carbonyl (C=O) groups is 1. The standard InChI is InChI=1S/C10H13NO2/c12-7-9-1-2-10(13-9)8-3-5-11-6-4-8/h1-2,7-8,11H,3-6H2. The van der Waals surface area contributed by atoms with Crippen LogP contribution in [-0.2, 0) is 0 Å². The van der Waals surface area contributed by atoms with E-state index in [0.29, 0.717) is 11.7 Å². The van der Waals surface area contributed by atoms with E-state index in [2.05, 4.69) is 5.32 Å². The molecule has 3 heteroatoms. The lowest BCUT2D eigenvalue weighted by Crippen LogP contribution is -2.26. The van der Waals surface area contributed by atoms with Gasteiger partial charge < -0.3 is 9.73 Å². The van der Waals surface area contributed by atoms with Gasteiger partial charge >= 0.3 is 0 Å². The lowest BCUT2D eigenvalue weighted by atomic mass is 9.96. The second kappa shape index (κ2) is 3.75. The van der Waals surface area contributed by atoms with Gasteiger partial charge in [-0.05, 0) is 38.1 Å². The minimum Gasteiger partial charge on any atom is -0.458 e. The highest BCUT2D eigenvalue weighted by Crippen LogP contribution is 2.26. The summed E-state index contributed by atoms with van der Waals surface area (Å²) in [5.74, 6) is 1.90. The average molecular weight is 179 g/mol. The zero-order valence-electron chi connectivity index (χ0n) is 7.45. The molecule has 0 unspecified atom stereocenters. The smallest absolute Gasteiger partial charge is 0.185 e. The molecular formula is C10H13NO2. The maximum Gasteiger partial charge on any atom is 0.185 e. The minimum atomic E-state index is 0.438. The Bertz CT molecular complexity index is 287. The Kier molecular flexibility index (Phi) is 2.45. The topological polar surface area (TPSA) is 42.2 Å². The number of hydrogen-bond donors (Lipinski definition) is 1. The lowest BCUT2D eigenvalue weighted by Gasteiger charge is -2.20. The van der Waals surface area contributed by atoms with E-state index in [-0.39, 0.29) is 0 Å². The quantitative estimate of drug-likeness (QED) is 0.700. The normalized spacial score (nSPS) is 18.8. The fraction of sp³-hybridized carbons (Fsp3) is 0.500. The van der Waals surface area contributed by atoms with Crippen LogP contribution in [-0.4, -0.2) is 19.4 Å². The van der Waals surface area contributed by atoms with Crippen LogP contribution in [0.2, 0.25) is 0 Å². The van der Waals surface area contributed by atoms with Gasteiger partial charge in [-0.3, -0.25) is 4.79 Å². The molecule has 0 radical (unpaired) electrons. The summed E-state index contributed by atoms with van der Waals surface area (Å²) >= 11 is 0. The SMILES string of the molecule is O=Cc1ccc(C2CCNCC2)o1. The van der Waals surface area contributed by atoms with Gasteiger partial charge in [0.05, 0.1) is 0 Å². The molecule has 1 aromatic rings. The number of nitrogens with one attached hydrogen (secondary N) is 1. The van der Waals surface area contributed by atoms with Gasteiger partial charge in [-0.1, -0.05) is 0 Å². The van der Waals surface area contributed by atoms with E-state index in [1.165, 1.54) is 0 Å². The summed E-state index contributed by atoms with van der Waals surface area (Å²) in [7, 11) is 0. The minimum absolute atomic E-state index is 0.438. The molecule has 1 saturated heterocycles. The van der Waals surface area contributed by atoms with E-state index in [9.17, 15) is 4.79 Å². The number of hydrogen-bond acceptors (Lipinski definition) is 3. The highest BCUT2D eigenvalue weighted by molar-refractivity contribution is 5.70. The Morgan fingerprint density at radius 2 is 2.15 bits per heavy atom. The zero-order valence-corrected chi connectivity index (χ0v) is 7.45. The van der Waals surface area contributed by atoms with Crippen molar-refractivity contribution >= 4 is 6.29 Å². The molecule has 70 valence electrons. The van der Waals surface area contributed by atoms with E-state index in [4.69, 9.17) is 4.42 Å². The van der Waals surface area contributed by atoms with Crippen molar-refractivity contribution in [3.63, 3.8) is 0 Å². The Morgan fingerprint density at radius 3 is 2.77 bits per heavy atom. The fourth-order valence-electron chi connectivity index (χ4n) is 1.76. The van der Waals surface area contributed by atoms with E-state index >= 15 is 0 Å². The van der Waals surface area contributed by atoms with Crippen LogP contribution in [0.3, 0.4) is 0 Å². The number of piperidine rings is 1. The maximum absolute atomic E-state index is 10.4. The van der Waals surface area contributed by atoms with Crippen LogP contribution in [0.25, 0.3) is 0 Å². The van der Waals surface area contributed by atoms with Gasteiger partial charge in [-0.15, -0.1) is 0 Å². The van der Waals surface area contributed by atoms with Crippen molar-refractivity contribution in [1.82, 2.24) is 5.32 Å². The van der Waals surface area contributed by atoms with Crippen LogP contribution < -0.4 is 5.32 Å².